The lowest BCUT2D eigenvalue weighted by Crippen LogP contribution is -2.44. The summed E-state index contributed by atoms with van der Waals surface area (Å²) in [5, 5.41) is 3.03. The molecule has 0 radical (unpaired) electrons. The number of methoxy groups -OCH3 is 1. The second-order valence-corrected chi connectivity index (χ2v) is 3.73. The molecular formula is C11H18N2O3. The van der Waals surface area contributed by atoms with Gasteiger partial charge in [0.15, 0.2) is 0 Å². The third-order valence-electron chi connectivity index (χ3n) is 2.36. The van der Waals surface area contributed by atoms with Crippen molar-refractivity contribution in [3.05, 3.63) is 23.2 Å². The van der Waals surface area contributed by atoms with E-state index < -0.39 is 11.9 Å². The van der Waals surface area contributed by atoms with Crippen molar-refractivity contribution < 1.29 is 13.9 Å². The fourth-order valence-electron chi connectivity index (χ4n) is 1.50. The summed E-state index contributed by atoms with van der Waals surface area (Å²) in [5.74, 6) is 1.29. The Morgan fingerprint density at radius 3 is 2.75 bits per heavy atom. The fraction of sp³-hybridized carbons (Fsp3) is 0.545. The van der Waals surface area contributed by atoms with Crippen LogP contribution < -0.4 is 11.1 Å². The molecule has 1 unspecified atom stereocenters. The monoisotopic (exact) mass is 226 g/mol. The number of ether oxygens (including phenoxy) is 1. The van der Waals surface area contributed by atoms with E-state index in [1.165, 1.54) is 7.11 Å². The molecule has 1 heterocycles. The average Bonchev–Trinajstić information content (AvgIpc) is 2.51. The van der Waals surface area contributed by atoms with E-state index in [-0.39, 0.29) is 6.61 Å². The lowest BCUT2D eigenvalue weighted by Gasteiger charge is -2.13. The lowest BCUT2D eigenvalue weighted by molar-refractivity contribution is -0.121. The van der Waals surface area contributed by atoms with E-state index >= 15 is 0 Å². The van der Waals surface area contributed by atoms with Crippen molar-refractivity contribution in [3.63, 3.8) is 0 Å². The Kier molecular flexibility index (Phi) is 4.52. The van der Waals surface area contributed by atoms with E-state index in [4.69, 9.17) is 14.9 Å². The molecular weight excluding hydrogens is 208 g/mol. The minimum Gasteiger partial charge on any atom is -0.466 e. The molecule has 16 heavy (non-hydrogen) atoms. The van der Waals surface area contributed by atoms with Crippen LogP contribution in [0, 0.1) is 13.8 Å². The minimum atomic E-state index is -0.473. The SMILES string of the molecule is COCC(NCc1cc(C)oc1C)C(N)=O. The lowest BCUT2D eigenvalue weighted by atomic mass is 10.2. The summed E-state index contributed by atoms with van der Waals surface area (Å²) in [6.07, 6.45) is 0. The van der Waals surface area contributed by atoms with Crippen LogP contribution in [0.5, 0.6) is 0 Å². The number of aryl methyl sites for hydroxylation is 2. The maximum atomic E-state index is 11.1. The summed E-state index contributed by atoms with van der Waals surface area (Å²) in [5.41, 5.74) is 6.25. The van der Waals surface area contributed by atoms with Gasteiger partial charge in [-0.05, 0) is 19.9 Å². The Hall–Kier alpha value is -1.33. The number of primary amides is 1. The van der Waals surface area contributed by atoms with Gasteiger partial charge in [0.05, 0.1) is 6.61 Å². The first-order valence-corrected chi connectivity index (χ1v) is 5.12. The van der Waals surface area contributed by atoms with E-state index in [0.29, 0.717) is 6.54 Å². The zero-order chi connectivity index (χ0) is 12.1. The number of amides is 1. The van der Waals surface area contributed by atoms with Crippen molar-refractivity contribution >= 4 is 5.91 Å². The second kappa shape index (κ2) is 5.67. The highest BCUT2D eigenvalue weighted by atomic mass is 16.5. The van der Waals surface area contributed by atoms with Gasteiger partial charge in [0.25, 0.3) is 0 Å². The molecule has 0 aromatic carbocycles. The predicted octanol–water partition coefficient (Wildman–Crippen LogP) is 0.486. The van der Waals surface area contributed by atoms with Crippen LogP contribution in [-0.4, -0.2) is 25.7 Å². The smallest absolute Gasteiger partial charge is 0.236 e. The summed E-state index contributed by atoms with van der Waals surface area (Å²) in [7, 11) is 1.53. The Morgan fingerprint density at radius 1 is 1.62 bits per heavy atom. The largest absolute Gasteiger partial charge is 0.466 e. The normalized spacial score (nSPS) is 12.7. The van der Waals surface area contributed by atoms with E-state index in [1.54, 1.807) is 0 Å². The number of carbonyl (C=O) groups is 1. The van der Waals surface area contributed by atoms with Gasteiger partial charge in [-0.15, -0.1) is 0 Å². The number of carbonyl (C=O) groups excluding carboxylic acids is 1. The van der Waals surface area contributed by atoms with Crippen molar-refractivity contribution in [2.45, 2.75) is 26.4 Å². The summed E-state index contributed by atoms with van der Waals surface area (Å²) in [6.45, 7) is 4.59. The Morgan fingerprint density at radius 2 is 2.31 bits per heavy atom. The third kappa shape index (κ3) is 3.36. The van der Waals surface area contributed by atoms with Gasteiger partial charge in [0.1, 0.15) is 17.6 Å². The predicted molar refractivity (Wildman–Crippen MR) is 59.9 cm³/mol. The highest BCUT2D eigenvalue weighted by molar-refractivity contribution is 5.79. The molecule has 0 spiro atoms. The molecule has 1 amide bonds. The van der Waals surface area contributed by atoms with Gasteiger partial charge >= 0.3 is 0 Å². The molecule has 0 aliphatic rings. The molecule has 0 fully saturated rings. The molecule has 0 saturated heterocycles. The van der Waals surface area contributed by atoms with E-state index in [2.05, 4.69) is 5.32 Å². The van der Waals surface area contributed by atoms with Crippen molar-refractivity contribution in [2.75, 3.05) is 13.7 Å². The summed E-state index contributed by atoms with van der Waals surface area (Å²) >= 11 is 0. The van der Waals surface area contributed by atoms with Crippen LogP contribution in [0.2, 0.25) is 0 Å². The number of nitrogens with two attached hydrogens (primary N) is 1. The minimum absolute atomic E-state index is 0.269. The Bertz CT molecular complexity index is 360. The first kappa shape index (κ1) is 12.7. The zero-order valence-electron chi connectivity index (χ0n) is 9.87. The van der Waals surface area contributed by atoms with Gasteiger partial charge in [-0.1, -0.05) is 0 Å². The molecule has 1 aromatic heterocycles. The standard InChI is InChI=1S/C11H18N2O3/c1-7-4-9(8(2)16-7)5-13-10(6-15-3)11(12)14/h4,10,13H,5-6H2,1-3H3,(H2,12,14). The molecule has 1 atom stereocenters. The number of nitrogens with one attached hydrogen (secondary N) is 1. The van der Waals surface area contributed by atoms with Crippen LogP contribution in [0.1, 0.15) is 17.1 Å². The third-order valence-corrected chi connectivity index (χ3v) is 2.36. The Balaban J connectivity index is 2.55. The molecule has 0 aliphatic carbocycles. The van der Waals surface area contributed by atoms with Crippen LogP contribution in [0.3, 0.4) is 0 Å². The van der Waals surface area contributed by atoms with Gasteiger partial charge in [-0.25, -0.2) is 0 Å². The van der Waals surface area contributed by atoms with Crippen LogP contribution in [0.15, 0.2) is 10.5 Å². The van der Waals surface area contributed by atoms with Crippen LogP contribution in [-0.2, 0) is 16.1 Å². The molecule has 5 heteroatoms. The van der Waals surface area contributed by atoms with Gasteiger partial charge < -0.3 is 14.9 Å². The molecule has 1 rings (SSSR count). The molecule has 1 aromatic rings. The number of hydrogen-bond donors (Lipinski definition) is 2. The highest BCUT2D eigenvalue weighted by Gasteiger charge is 2.15. The summed E-state index contributed by atoms with van der Waals surface area (Å²) < 4.78 is 10.3. The molecule has 0 bridgehead atoms. The molecule has 90 valence electrons. The number of hydrogen-bond acceptors (Lipinski definition) is 4. The first-order chi connectivity index (χ1) is 7.54. The van der Waals surface area contributed by atoms with Crippen molar-refractivity contribution in [1.29, 1.82) is 0 Å². The summed E-state index contributed by atoms with van der Waals surface area (Å²) in [4.78, 5) is 11.1. The van der Waals surface area contributed by atoms with Crippen molar-refractivity contribution in [3.8, 4) is 0 Å². The van der Waals surface area contributed by atoms with Gasteiger partial charge in [0, 0.05) is 19.2 Å². The van der Waals surface area contributed by atoms with Crippen molar-refractivity contribution in [1.82, 2.24) is 5.32 Å². The van der Waals surface area contributed by atoms with E-state index in [1.807, 2.05) is 19.9 Å². The Labute approximate surface area is 94.9 Å². The summed E-state index contributed by atoms with van der Waals surface area (Å²) in [6, 6.07) is 1.47. The zero-order valence-corrected chi connectivity index (χ0v) is 9.87. The van der Waals surface area contributed by atoms with Gasteiger partial charge in [-0.2, -0.15) is 0 Å². The van der Waals surface area contributed by atoms with E-state index in [0.717, 1.165) is 17.1 Å². The maximum Gasteiger partial charge on any atom is 0.236 e. The maximum absolute atomic E-state index is 11.1. The quantitative estimate of drug-likeness (QED) is 0.740. The molecule has 0 aliphatic heterocycles. The van der Waals surface area contributed by atoms with Crippen LogP contribution in [0.4, 0.5) is 0 Å². The van der Waals surface area contributed by atoms with Crippen molar-refractivity contribution in [2.24, 2.45) is 5.73 Å². The second-order valence-electron chi connectivity index (χ2n) is 3.73. The van der Waals surface area contributed by atoms with Gasteiger partial charge in [0.2, 0.25) is 5.91 Å². The molecule has 0 saturated carbocycles. The number of rotatable bonds is 6. The fourth-order valence-corrected chi connectivity index (χ4v) is 1.50. The van der Waals surface area contributed by atoms with Crippen LogP contribution >= 0.6 is 0 Å². The molecule has 5 nitrogen and oxygen atoms in total. The first-order valence-electron chi connectivity index (χ1n) is 5.12. The van der Waals surface area contributed by atoms with Gasteiger partial charge in [-0.3, -0.25) is 10.1 Å². The average molecular weight is 226 g/mol. The topological polar surface area (TPSA) is 77.5 Å². The van der Waals surface area contributed by atoms with Crippen LogP contribution in [0.25, 0.3) is 0 Å². The number of furan rings is 1. The molecule has 3 N–H and O–H groups in total. The van der Waals surface area contributed by atoms with E-state index in [9.17, 15) is 4.79 Å². The highest BCUT2D eigenvalue weighted by Crippen LogP contribution is 2.13.